The molecule has 0 aliphatic rings. The van der Waals surface area contributed by atoms with Gasteiger partial charge in [-0.3, -0.25) is 0 Å². The van der Waals surface area contributed by atoms with Crippen LogP contribution in [0.3, 0.4) is 0 Å². The van der Waals surface area contributed by atoms with E-state index in [0.29, 0.717) is 0 Å². The van der Waals surface area contributed by atoms with Crippen molar-refractivity contribution < 1.29 is 38.3 Å². The summed E-state index contributed by atoms with van der Waals surface area (Å²) in [6.07, 6.45) is 0. The molecular formula is C6H18ClHfN3. The minimum absolute atomic E-state index is 0. The summed E-state index contributed by atoms with van der Waals surface area (Å²) in [5.41, 5.74) is 0. The van der Waals surface area contributed by atoms with Crippen molar-refractivity contribution in [3.05, 3.63) is 16.0 Å². The van der Waals surface area contributed by atoms with E-state index >= 15 is 0 Å². The summed E-state index contributed by atoms with van der Waals surface area (Å²) in [6.45, 7) is 0. The van der Waals surface area contributed by atoms with Crippen molar-refractivity contribution in [3.63, 3.8) is 0 Å². The summed E-state index contributed by atoms with van der Waals surface area (Å²) >= 11 is 0. The first-order valence-corrected chi connectivity index (χ1v) is 2.68. The zero-order chi connectivity index (χ0) is 8.12. The molecule has 0 radical (unpaired) electrons. The van der Waals surface area contributed by atoms with E-state index in [1.165, 1.54) is 0 Å². The van der Waals surface area contributed by atoms with Crippen LogP contribution in [0.1, 0.15) is 0 Å². The van der Waals surface area contributed by atoms with Crippen molar-refractivity contribution in [2.24, 2.45) is 0 Å². The van der Waals surface area contributed by atoms with Gasteiger partial charge in [0.15, 0.2) is 0 Å². The minimum Gasteiger partial charge on any atom is -1.00 e. The van der Waals surface area contributed by atoms with Crippen molar-refractivity contribution >= 4 is 0 Å². The summed E-state index contributed by atoms with van der Waals surface area (Å²) in [7, 11) is 10.5. The Bertz CT molecular complexity index is 22.5. The molecule has 11 heavy (non-hydrogen) atoms. The fourth-order valence-electron chi connectivity index (χ4n) is 0. The van der Waals surface area contributed by atoms with Crippen LogP contribution < -0.4 is 12.4 Å². The van der Waals surface area contributed by atoms with E-state index in [2.05, 4.69) is 16.0 Å². The third-order valence-corrected chi connectivity index (χ3v) is 0. The van der Waals surface area contributed by atoms with Crippen LogP contribution in [0.15, 0.2) is 0 Å². The molecule has 0 bridgehead atoms. The molecule has 68 valence electrons. The van der Waals surface area contributed by atoms with Crippen molar-refractivity contribution in [2.45, 2.75) is 0 Å². The van der Waals surface area contributed by atoms with Crippen LogP contribution in [0.25, 0.3) is 16.0 Å². The Kier molecular flexibility index (Phi) is 184. The van der Waals surface area contributed by atoms with Gasteiger partial charge in [0.2, 0.25) is 0 Å². The maximum absolute atomic E-state index is 3.50. The predicted molar refractivity (Wildman–Crippen MR) is 45.6 cm³/mol. The van der Waals surface area contributed by atoms with E-state index in [1.807, 2.05) is 0 Å². The standard InChI is InChI=1S/3C2H6N.ClH.Hf/c3*1-3-2;;/h3*1-2H3;1H;/q3*-1;;+4/p-1. The van der Waals surface area contributed by atoms with Crippen molar-refractivity contribution in [2.75, 3.05) is 42.3 Å². The van der Waals surface area contributed by atoms with Gasteiger partial charge in [-0.05, 0) is 0 Å². The monoisotopic (exact) mass is 347 g/mol. The maximum Gasteiger partial charge on any atom is 4.00 e. The maximum atomic E-state index is 3.50. The first-order valence-electron chi connectivity index (χ1n) is 2.68. The largest absolute Gasteiger partial charge is 4.00 e. The normalized spacial score (nSPS) is 4.91. The van der Waals surface area contributed by atoms with Crippen LogP contribution in [-0.2, 0) is 25.8 Å². The molecule has 0 atom stereocenters. The molecule has 0 unspecified atom stereocenters. The second-order valence-corrected chi connectivity index (χ2v) is 1.34. The average molecular weight is 346 g/mol. The molecule has 0 aromatic heterocycles. The van der Waals surface area contributed by atoms with E-state index in [-0.39, 0.29) is 38.3 Å². The molecule has 3 nitrogen and oxygen atoms in total. The quantitative estimate of drug-likeness (QED) is 0.498. The molecule has 0 aliphatic carbocycles. The summed E-state index contributed by atoms with van der Waals surface area (Å²) in [4.78, 5) is 0. The van der Waals surface area contributed by atoms with Gasteiger partial charge in [0, 0.05) is 0 Å². The van der Waals surface area contributed by atoms with Crippen LogP contribution in [0.4, 0.5) is 0 Å². The third kappa shape index (κ3) is 834. The Morgan fingerprint density at radius 3 is 0.545 bits per heavy atom. The molecule has 0 saturated carbocycles. The third-order valence-electron chi connectivity index (χ3n) is 0. The van der Waals surface area contributed by atoms with Gasteiger partial charge >= 0.3 is 25.8 Å². The topological polar surface area (TPSA) is 42.3 Å². The minimum atomic E-state index is 0. The van der Waals surface area contributed by atoms with Crippen molar-refractivity contribution in [3.8, 4) is 0 Å². The molecule has 0 rings (SSSR count). The fraction of sp³-hybridized carbons (Fsp3) is 1.00. The first-order chi connectivity index (χ1) is 4.24. The van der Waals surface area contributed by atoms with E-state index in [9.17, 15) is 0 Å². The summed E-state index contributed by atoms with van der Waals surface area (Å²) in [6, 6.07) is 0. The summed E-state index contributed by atoms with van der Waals surface area (Å²) < 4.78 is 0. The molecular weight excluding hydrogens is 328 g/mol. The number of hydrogen-bond donors (Lipinski definition) is 0. The Morgan fingerprint density at radius 2 is 0.545 bits per heavy atom. The molecule has 0 fully saturated rings. The van der Waals surface area contributed by atoms with Crippen LogP contribution >= 0.6 is 0 Å². The Labute approximate surface area is 96.3 Å². The van der Waals surface area contributed by atoms with Crippen molar-refractivity contribution in [1.82, 2.24) is 0 Å². The SMILES string of the molecule is C[N-]C.C[N-]C.C[N-]C.[Cl-].[Hf+4]. The van der Waals surface area contributed by atoms with Crippen LogP contribution in [0, 0.1) is 0 Å². The summed E-state index contributed by atoms with van der Waals surface area (Å²) in [5.74, 6) is 0. The van der Waals surface area contributed by atoms with Gasteiger partial charge in [-0.2, -0.15) is 42.3 Å². The Morgan fingerprint density at radius 1 is 0.545 bits per heavy atom. The second-order valence-electron chi connectivity index (χ2n) is 1.34. The van der Waals surface area contributed by atoms with E-state index in [4.69, 9.17) is 0 Å². The summed E-state index contributed by atoms with van der Waals surface area (Å²) in [5, 5.41) is 10.5. The number of nitrogens with zero attached hydrogens (tertiary/aromatic N) is 3. The molecule has 0 amide bonds. The van der Waals surface area contributed by atoms with Gasteiger partial charge in [-0.1, -0.05) is 0 Å². The Balaban J connectivity index is -0.0000000150. The van der Waals surface area contributed by atoms with E-state index < -0.39 is 0 Å². The van der Waals surface area contributed by atoms with Crippen molar-refractivity contribution in [1.29, 1.82) is 0 Å². The predicted octanol–water partition coefficient (Wildman–Crippen LogP) is -1.14. The molecule has 0 saturated heterocycles. The molecule has 0 aliphatic heterocycles. The fourth-order valence-corrected chi connectivity index (χ4v) is 0. The Hall–Kier alpha value is 1.04. The van der Waals surface area contributed by atoms with Gasteiger partial charge in [0.1, 0.15) is 0 Å². The number of rotatable bonds is 0. The van der Waals surface area contributed by atoms with E-state index in [1.54, 1.807) is 42.3 Å². The van der Waals surface area contributed by atoms with Gasteiger partial charge < -0.3 is 28.4 Å². The first kappa shape index (κ1) is 29.6. The average Bonchev–Trinajstić information content (AvgIpc) is 1.70. The van der Waals surface area contributed by atoms with Crippen LogP contribution in [0.5, 0.6) is 0 Å². The van der Waals surface area contributed by atoms with Gasteiger partial charge in [-0.25, -0.2) is 0 Å². The van der Waals surface area contributed by atoms with E-state index in [0.717, 1.165) is 0 Å². The molecule has 5 heteroatoms. The molecule has 0 heterocycles. The van der Waals surface area contributed by atoms with Crippen LogP contribution in [0.2, 0.25) is 0 Å². The molecule has 0 N–H and O–H groups in total. The van der Waals surface area contributed by atoms with Gasteiger partial charge in [0.05, 0.1) is 0 Å². The zero-order valence-corrected chi connectivity index (χ0v) is 12.6. The second kappa shape index (κ2) is 68.2. The zero-order valence-electron chi connectivity index (χ0n) is 8.22. The molecule has 0 aromatic carbocycles. The van der Waals surface area contributed by atoms with Gasteiger partial charge in [-0.15, -0.1) is 0 Å². The molecule has 0 aromatic rings. The van der Waals surface area contributed by atoms with Gasteiger partial charge in [0.25, 0.3) is 0 Å². The smallest absolute Gasteiger partial charge is 1.00 e. The van der Waals surface area contributed by atoms with Crippen LogP contribution in [-0.4, -0.2) is 42.3 Å². The number of halogens is 1. The number of hydrogen-bond acceptors (Lipinski definition) is 0. The molecule has 0 spiro atoms.